The highest BCUT2D eigenvalue weighted by atomic mass is 19.4. The number of alkyl halides is 3. The van der Waals surface area contributed by atoms with Gasteiger partial charge in [-0.15, -0.1) is 5.10 Å². The Morgan fingerprint density at radius 3 is 2.75 bits per heavy atom. The molecule has 4 heterocycles. The smallest absolute Gasteiger partial charge is 0.389 e. The predicted octanol–water partition coefficient (Wildman–Crippen LogP) is 2.46. The van der Waals surface area contributed by atoms with Gasteiger partial charge in [0.05, 0.1) is 48.3 Å². The van der Waals surface area contributed by atoms with E-state index in [9.17, 15) is 18.3 Å². The van der Waals surface area contributed by atoms with Gasteiger partial charge in [0.15, 0.2) is 0 Å². The van der Waals surface area contributed by atoms with E-state index in [1.165, 1.54) is 12.3 Å². The van der Waals surface area contributed by atoms with E-state index in [0.717, 1.165) is 0 Å². The third-order valence-corrected chi connectivity index (χ3v) is 4.53. The van der Waals surface area contributed by atoms with Gasteiger partial charge < -0.3 is 15.2 Å². The molecular formula is C18H18F3N5O2. The highest BCUT2D eigenvalue weighted by molar-refractivity contribution is 5.63. The van der Waals surface area contributed by atoms with Crippen LogP contribution in [-0.4, -0.2) is 56.2 Å². The van der Waals surface area contributed by atoms with Crippen LogP contribution < -0.4 is 5.32 Å². The van der Waals surface area contributed by atoms with Gasteiger partial charge in [-0.1, -0.05) is 6.07 Å². The van der Waals surface area contributed by atoms with Crippen LogP contribution in [0.25, 0.3) is 16.9 Å². The van der Waals surface area contributed by atoms with Crippen molar-refractivity contribution in [3.05, 3.63) is 42.2 Å². The van der Waals surface area contributed by atoms with Crippen LogP contribution in [0.1, 0.15) is 12.0 Å². The molecule has 2 N–H and O–H groups in total. The molecule has 0 saturated carbocycles. The van der Waals surface area contributed by atoms with Crippen molar-refractivity contribution in [2.24, 2.45) is 0 Å². The number of aliphatic hydroxyl groups is 1. The zero-order valence-electron chi connectivity index (χ0n) is 14.7. The maximum Gasteiger partial charge on any atom is 0.393 e. The molecule has 3 aromatic heterocycles. The van der Waals surface area contributed by atoms with E-state index in [1.54, 1.807) is 28.9 Å². The molecule has 7 nitrogen and oxygen atoms in total. The molecule has 2 atom stereocenters. The largest absolute Gasteiger partial charge is 0.393 e. The van der Waals surface area contributed by atoms with Gasteiger partial charge in [-0.3, -0.25) is 4.98 Å². The number of halogens is 3. The van der Waals surface area contributed by atoms with Crippen LogP contribution >= 0.6 is 0 Å². The Balaban J connectivity index is 1.59. The fraction of sp³-hybridized carbons (Fsp3) is 0.389. The average molecular weight is 393 g/mol. The molecule has 0 amide bonds. The Kier molecular flexibility index (Phi) is 4.90. The van der Waals surface area contributed by atoms with Gasteiger partial charge in [0, 0.05) is 12.8 Å². The Hall–Kier alpha value is -2.72. The second-order valence-corrected chi connectivity index (χ2v) is 6.66. The summed E-state index contributed by atoms with van der Waals surface area (Å²) in [4.78, 5) is 8.41. The van der Waals surface area contributed by atoms with Gasteiger partial charge in [-0.25, -0.2) is 9.50 Å². The highest BCUT2D eigenvalue weighted by Crippen LogP contribution is 2.24. The van der Waals surface area contributed by atoms with Crippen LogP contribution in [0.4, 0.5) is 19.1 Å². The van der Waals surface area contributed by atoms with E-state index in [2.05, 4.69) is 20.4 Å². The minimum atomic E-state index is -4.27. The quantitative estimate of drug-likeness (QED) is 0.709. The van der Waals surface area contributed by atoms with Crippen molar-refractivity contribution in [1.29, 1.82) is 0 Å². The summed E-state index contributed by atoms with van der Waals surface area (Å²) in [6, 6.07) is 6.31. The van der Waals surface area contributed by atoms with Crippen molar-refractivity contribution in [3.8, 4) is 11.4 Å². The summed E-state index contributed by atoms with van der Waals surface area (Å²) < 4.78 is 44.3. The standard InChI is InChI=1S/C18H18F3N5O2/c19-18(20,21)7-11-1-3-13(22-8-11)15-4-2-12-9-23-17(25-26(12)15)24-14-5-6-28-10-16(14)27/h1-4,8-9,14,16,27H,5-7,10H2,(H,24,25)/t14-,16-/m1/s1. The van der Waals surface area contributed by atoms with Gasteiger partial charge in [-0.2, -0.15) is 13.2 Å². The molecule has 0 aliphatic carbocycles. The lowest BCUT2D eigenvalue weighted by molar-refractivity contribution is -0.127. The summed E-state index contributed by atoms with van der Waals surface area (Å²) in [5.74, 6) is 0.338. The van der Waals surface area contributed by atoms with Crippen LogP contribution in [0.5, 0.6) is 0 Å². The Bertz CT molecular complexity index is 958. The summed E-state index contributed by atoms with van der Waals surface area (Å²) in [5.41, 5.74) is 1.95. The predicted molar refractivity (Wildman–Crippen MR) is 94.8 cm³/mol. The topological polar surface area (TPSA) is 84.6 Å². The molecule has 0 spiro atoms. The first-order valence-corrected chi connectivity index (χ1v) is 8.78. The Morgan fingerprint density at radius 2 is 2.04 bits per heavy atom. The van der Waals surface area contributed by atoms with Crippen LogP contribution in [-0.2, 0) is 11.2 Å². The van der Waals surface area contributed by atoms with Gasteiger partial charge in [0.1, 0.15) is 0 Å². The first-order valence-electron chi connectivity index (χ1n) is 8.78. The number of hydrogen-bond donors (Lipinski definition) is 2. The summed E-state index contributed by atoms with van der Waals surface area (Å²) >= 11 is 0. The summed E-state index contributed by atoms with van der Waals surface area (Å²) in [6.45, 7) is 0.794. The minimum Gasteiger partial charge on any atom is -0.389 e. The Morgan fingerprint density at radius 1 is 1.18 bits per heavy atom. The lowest BCUT2D eigenvalue weighted by Gasteiger charge is -2.28. The van der Waals surface area contributed by atoms with E-state index < -0.39 is 18.7 Å². The molecule has 0 bridgehead atoms. The molecule has 28 heavy (non-hydrogen) atoms. The third-order valence-electron chi connectivity index (χ3n) is 4.53. The number of nitrogens with one attached hydrogen (secondary N) is 1. The monoisotopic (exact) mass is 393 g/mol. The number of aromatic nitrogens is 4. The number of aliphatic hydroxyl groups excluding tert-OH is 1. The summed E-state index contributed by atoms with van der Waals surface area (Å²) in [7, 11) is 0. The first kappa shape index (κ1) is 18.6. The number of anilines is 1. The maximum atomic E-state index is 12.5. The number of nitrogens with zero attached hydrogens (tertiary/aromatic N) is 4. The van der Waals surface area contributed by atoms with Gasteiger partial charge >= 0.3 is 6.18 Å². The molecule has 0 aromatic carbocycles. The van der Waals surface area contributed by atoms with Gasteiger partial charge in [0.2, 0.25) is 5.95 Å². The zero-order chi connectivity index (χ0) is 19.7. The SMILES string of the molecule is O[C@@H]1COCC[C@H]1Nc1ncc2ccc(-c3ccc(CC(F)(F)F)cn3)n2n1. The van der Waals surface area contributed by atoms with Crippen LogP contribution in [0, 0.1) is 0 Å². The maximum absolute atomic E-state index is 12.5. The van der Waals surface area contributed by atoms with Gasteiger partial charge in [-0.05, 0) is 30.2 Å². The highest BCUT2D eigenvalue weighted by Gasteiger charge is 2.28. The molecule has 1 aliphatic heterocycles. The average Bonchev–Trinajstić information content (AvgIpc) is 3.06. The molecule has 1 aliphatic rings. The molecular weight excluding hydrogens is 375 g/mol. The van der Waals surface area contributed by atoms with Crippen LogP contribution in [0.2, 0.25) is 0 Å². The summed E-state index contributed by atoms with van der Waals surface area (Å²) in [6.07, 6.45) is -2.46. The van der Waals surface area contributed by atoms with Crippen molar-refractivity contribution in [2.45, 2.75) is 31.2 Å². The number of pyridine rings is 1. The van der Waals surface area contributed by atoms with Crippen molar-refractivity contribution < 1.29 is 23.0 Å². The molecule has 148 valence electrons. The second-order valence-electron chi connectivity index (χ2n) is 6.66. The van der Waals surface area contributed by atoms with E-state index in [1.807, 2.05) is 0 Å². The van der Waals surface area contributed by atoms with Crippen LogP contribution in [0.15, 0.2) is 36.7 Å². The molecule has 0 radical (unpaired) electrons. The van der Waals surface area contributed by atoms with E-state index in [-0.39, 0.29) is 18.2 Å². The van der Waals surface area contributed by atoms with Gasteiger partial charge in [0.25, 0.3) is 0 Å². The number of ether oxygens (including phenoxy) is 1. The number of hydrogen-bond acceptors (Lipinski definition) is 6. The van der Waals surface area contributed by atoms with E-state index in [4.69, 9.17) is 4.74 Å². The molecule has 10 heteroatoms. The lowest BCUT2D eigenvalue weighted by atomic mass is 10.1. The minimum absolute atomic E-state index is 0.0996. The van der Waals surface area contributed by atoms with Crippen molar-refractivity contribution in [3.63, 3.8) is 0 Å². The van der Waals surface area contributed by atoms with Crippen molar-refractivity contribution >= 4 is 11.5 Å². The molecule has 1 fully saturated rings. The second kappa shape index (κ2) is 7.36. The van der Waals surface area contributed by atoms with Crippen molar-refractivity contribution in [1.82, 2.24) is 19.6 Å². The first-order chi connectivity index (χ1) is 13.4. The fourth-order valence-corrected chi connectivity index (χ4v) is 3.13. The summed E-state index contributed by atoms with van der Waals surface area (Å²) in [5, 5.41) is 17.6. The normalized spacial score (nSPS) is 20.4. The molecule has 0 unspecified atom stereocenters. The van der Waals surface area contributed by atoms with E-state index >= 15 is 0 Å². The molecule has 1 saturated heterocycles. The molecule has 4 rings (SSSR count). The lowest BCUT2D eigenvalue weighted by Crippen LogP contribution is -2.42. The molecule has 3 aromatic rings. The number of rotatable bonds is 4. The Labute approximate surface area is 158 Å². The zero-order valence-corrected chi connectivity index (χ0v) is 14.7. The number of fused-ring (bicyclic) bond motifs is 1. The van der Waals surface area contributed by atoms with Crippen LogP contribution in [0.3, 0.4) is 0 Å². The van der Waals surface area contributed by atoms with Crippen molar-refractivity contribution in [2.75, 3.05) is 18.5 Å². The third kappa shape index (κ3) is 4.07. The fourth-order valence-electron chi connectivity index (χ4n) is 3.13. The van der Waals surface area contributed by atoms with E-state index in [0.29, 0.717) is 35.9 Å².